The SMILES string of the molecule is CO[C@@]1(NC(=O)Cc2cccs2)C(=O)[N+]2([O-])C(C(=O)O)=C(COC(N)=O)CS[C@H]12. The van der Waals surface area contributed by atoms with E-state index >= 15 is 0 Å². The number of hydroxylamine groups is 3. The van der Waals surface area contributed by atoms with E-state index in [1.807, 2.05) is 0 Å². The Morgan fingerprint density at radius 1 is 1.48 bits per heavy atom. The van der Waals surface area contributed by atoms with Crippen LogP contribution in [0.4, 0.5) is 4.79 Å². The molecule has 0 aliphatic carbocycles. The van der Waals surface area contributed by atoms with Crippen molar-refractivity contribution in [2.45, 2.75) is 17.5 Å². The summed E-state index contributed by atoms with van der Waals surface area (Å²) in [4.78, 5) is 48.6. The average Bonchev–Trinajstić information content (AvgIpc) is 3.16. The van der Waals surface area contributed by atoms with E-state index in [4.69, 9.17) is 10.5 Å². The van der Waals surface area contributed by atoms with Gasteiger partial charge in [0.05, 0.1) is 6.42 Å². The van der Waals surface area contributed by atoms with Crippen LogP contribution in [0.1, 0.15) is 4.88 Å². The lowest BCUT2D eigenvalue weighted by Gasteiger charge is -2.61. The molecule has 3 amide bonds. The zero-order valence-corrected chi connectivity index (χ0v) is 16.7. The fourth-order valence-electron chi connectivity index (χ4n) is 3.31. The molecule has 0 saturated carbocycles. The molecule has 0 spiro atoms. The van der Waals surface area contributed by atoms with Crippen molar-refractivity contribution in [3.63, 3.8) is 0 Å². The maximum Gasteiger partial charge on any atom is 0.404 e. The summed E-state index contributed by atoms with van der Waals surface area (Å²) >= 11 is 2.28. The molecule has 11 nitrogen and oxygen atoms in total. The number of aliphatic carboxylic acids is 1. The van der Waals surface area contributed by atoms with Crippen LogP contribution in [-0.2, 0) is 30.3 Å². The lowest BCUT2D eigenvalue weighted by Crippen LogP contribution is -2.87. The van der Waals surface area contributed by atoms with Gasteiger partial charge in [0, 0.05) is 23.3 Å². The molecule has 1 fully saturated rings. The monoisotopic (exact) mass is 443 g/mol. The van der Waals surface area contributed by atoms with Gasteiger partial charge in [-0.25, -0.2) is 19.0 Å². The van der Waals surface area contributed by atoms with Crippen LogP contribution in [0, 0.1) is 5.21 Å². The minimum Gasteiger partial charge on any atom is -0.618 e. The number of ether oxygens (including phenoxy) is 2. The number of fused-ring (bicyclic) bond motifs is 1. The molecule has 29 heavy (non-hydrogen) atoms. The number of hydrogen-bond acceptors (Lipinski definition) is 9. The zero-order valence-electron chi connectivity index (χ0n) is 15.1. The molecule has 1 aromatic heterocycles. The first-order valence-electron chi connectivity index (χ1n) is 8.19. The molecule has 4 N–H and O–H groups in total. The molecule has 0 aromatic carbocycles. The number of carboxylic acids is 1. The summed E-state index contributed by atoms with van der Waals surface area (Å²) < 4.78 is 7.99. The summed E-state index contributed by atoms with van der Waals surface area (Å²) in [6.45, 7) is -0.531. The Labute approximate surface area is 172 Å². The van der Waals surface area contributed by atoms with E-state index in [-0.39, 0.29) is 17.7 Å². The largest absolute Gasteiger partial charge is 0.618 e. The van der Waals surface area contributed by atoms with Crippen molar-refractivity contribution < 1.29 is 38.4 Å². The lowest BCUT2D eigenvalue weighted by atomic mass is 9.96. The summed E-state index contributed by atoms with van der Waals surface area (Å²) in [5.74, 6) is -3.37. The number of thioether (sulfide) groups is 1. The van der Waals surface area contributed by atoms with Gasteiger partial charge < -0.3 is 30.8 Å². The summed E-state index contributed by atoms with van der Waals surface area (Å²) in [6, 6.07) is 3.51. The fraction of sp³-hybridized carbons (Fsp3) is 0.375. The number of thiophene rings is 1. The Morgan fingerprint density at radius 3 is 2.76 bits per heavy atom. The van der Waals surface area contributed by atoms with Gasteiger partial charge in [-0.3, -0.25) is 4.79 Å². The smallest absolute Gasteiger partial charge is 0.404 e. The van der Waals surface area contributed by atoms with Crippen molar-refractivity contribution in [2.24, 2.45) is 5.73 Å². The standard InChI is InChI=1S/C16H17N3O8S2/c1-26-16(18-10(20)5-9-3-2-4-28-9)13(23)19(25)11(12(21)22)8(6-27-15(17)24)7-29-14(16)19/h2-4,14H,5-7H2,1H3,(H2,17,24)(H,18,20)(H,21,22)/t14-,16+,19?/m1/s1. The van der Waals surface area contributed by atoms with Gasteiger partial charge in [-0.1, -0.05) is 17.8 Å². The number of nitrogens with zero attached hydrogens (tertiary/aromatic N) is 1. The molecule has 3 atom stereocenters. The van der Waals surface area contributed by atoms with Crippen LogP contribution < -0.4 is 11.1 Å². The fourth-order valence-corrected chi connectivity index (χ4v) is 5.50. The van der Waals surface area contributed by atoms with Crippen molar-refractivity contribution >= 4 is 47.0 Å². The number of rotatable bonds is 7. The Morgan fingerprint density at radius 2 is 2.21 bits per heavy atom. The number of amides is 3. The predicted molar refractivity (Wildman–Crippen MR) is 101 cm³/mol. The number of primary amides is 1. The second kappa shape index (κ2) is 7.76. The normalized spacial score (nSPS) is 28.3. The highest BCUT2D eigenvalue weighted by Gasteiger charge is 2.77. The molecule has 0 radical (unpaired) electrons. The number of methoxy groups -OCH3 is 1. The highest BCUT2D eigenvalue weighted by atomic mass is 32.2. The topological polar surface area (TPSA) is 168 Å². The first kappa shape index (κ1) is 21.3. The number of hydrogen-bond donors (Lipinski definition) is 3. The highest BCUT2D eigenvalue weighted by Crippen LogP contribution is 2.52. The third-order valence-corrected chi connectivity index (χ3v) is 6.87. The predicted octanol–water partition coefficient (Wildman–Crippen LogP) is 0.111. The van der Waals surface area contributed by atoms with E-state index in [9.17, 15) is 29.5 Å². The third kappa shape index (κ3) is 3.40. The van der Waals surface area contributed by atoms with Crippen LogP contribution in [0.15, 0.2) is 28.8 Å². The quantitative estimate of drug-likeness (QED) is 0.229. The van der Waals surface area contributed by atoms with Crippen molar-refractivity contribution in [1.82, 2.24) is 5.32 Å². The Bertz CT molecular complexity index is 902. The van der Waals surface area contributed by atoms with Crippen molar-refractivity contribution in [3.8, 4) is 0 Å². The molecule has 3 heterocycles. The van der Waals surface area contributed by atoms with Gasteiger partial charge in [-0.2, -0.15) is 0 Å². The molecule has 1 unspecified atom stereocenters. The van der Waals surface area contributed by atoms with Crippen LogP contribution in [0.5, 0.6) is 0 Å². The summed E-state index contributed by atoms with van der Waals surface area (Å²) in [5, 5.41) is 25.8. The van der Waals surface area contributed by atoms with Crippen LogP contribution >= 0.6 is 23.1 Å². The molecule has 0 bridgehead atoms. The first-order valence-corrected chi connectivity index (χ1v) is 10.1. The van der Waals surface area contributed by atoms with Crippen LogP contribution in [0.2, 0.25) is 0 Å². The number of carboxylic acid groups (broad SMARTS) is 1. The number of β-lactam (4-membered cyclic amide) rings is 1. The molecule has 1 aromatic rings. The number of nitrogens with two attached hydrogens (primary N) is 1. The van der Waals surface area contributed by atoms with Crippen molar-refractivity contribution in [2.75, 3.05) is 19.5 Å². The number of quaternary nitrogens is 1. The molecule has 156 valence electrons. The highest BCUT2D eigenvalue weighted by molar-refractivity contribution is 8.00. The Kier molecular flexibility index (Phi) is 5.69. The molecular formula is C16H17N3O8S2. The van der Waals surface area contributed by atoms with E-state index in [0.717, 1.165) is 23.7 Å². The minimum absolute atomic E-state index is 0.0222. The van der Waals surface area contributed by atoms with E-state index in [0.29, 0.717) is 0 Å². The molecular weight excluding hydrogens is 426 g/mol. The van der Waals surface area contributed by atoms with Crippen molar-refractivity contribution in [1.29, 1.82) is 0 Å². The van der Waals surface area contributed by atoms with Gasteiger partial charge in [-0.05, 0) is 11.4 Å². The zero-order chi connectivity index (χ0) is 21.4. The van der Waals surface area contributed by atoms with E-state index < -0.39 is 51.9 Å². The minimum atomic E-state index is -1.96. The van der Waals surface area contributed by atoms with Crippen LogP contribution in [-0.4, -0.2) is 64.2 Å². The number of carbonyl (C=O) groups is 4. The number of carbonyl (C=O) groups excluding carboxylic acids is 3. The second-order valence-electron chi connectivity index (χ2n) is 6.24. The van der Waals surface area contributed by atoms with E-state index in [1.165, 1.54) is 11.3 Å². The second-order valence-corrected chi connectivity index (χ2v) is 8.34. The third-order valence-electron chi connectivity index (χ3n) is 4.53. The van der Waals surface area contributed by atoms with Gasteiger partial charge in [0.15, 0.2) is 0 Å². The lowest BCUT2D eigenvalue weighted by molar-refractivity contribution is -0.823. The number of nitrogens with one attached hydrogen (secondary N) is 1. The van der Waals surface area contributed by atoms with Crippen LogP contribution in [0.25, 0.3) is 0 Å². The maximum absolute atomic E-state index is 13.3. The van der Waals surface area contributed by atoms with Gasteiger partial charge in [-0.15, -0.1) is 11.3 Å². The molecule has 1 saturated heterocycles. The van der Waals surface area contributed by atoms with E-state index in [2.05, 4.69) is 10.1 Å². The van der Waals surface area contributed by atoms with E-state index in [1.54, 1.807) is 17.5 Å². The van der Waals surface area contributed by atoms with Gasteiger partial charge in [0.1, 0.15) is 6.61 Å². The molecule has 2 aliphatic heterocycles. The van der Waals surface area contributed by atoms with Gasteiger partial charge >= 0.3 is 23.7 Å². The summed E-state index contributed by atoms with van der Waals surface area (Å²) in [7, 11) is 1.16. The Balaban J connectivity index is 1.89. The Hall–Kier alpha value is -2.45. The van der Waals surface area contributed by atoms with Gasteiger partial charge in [0.2, 0.25) is 17.0 Å². The van der Waals surface area contributed by atoms with Crippen LogP contribution in [0.3, 0.4) is 0 Å². The maximum atomic E-state index is 13.3. The van der Waals surface area contributed by atoms with Gasteiger partial charge in [0.25, 0.3) is 0 Å². The summed E-state index contributed by atoms with van der Waals surface area (Å²) in [6.07, 6.45) is -1.17. The molecule has 13 heteroatoms. The molecule has 3 rings (SSSR count). The summed E-state index contributed by atoms with van der Waals surface area (Å²) in [5.41, 5.74) is 2.12. The first-order chi connectivity index (χ1) is 13.7. The average molecular weight is 443 g/mol. The van der Waals surface area contributed by atoms with Crippen molar-refractivity contribution in [3.05, 3.63) is 38.9 Å². The molecule has 2 aliphatic rings.